The number of anilines is 1. The van der Waals surface area contributed by atoms with E-state index in [1.165, 1.54) is 5.56 Å². The second-order valence-electron chi connectivity index (χ2n) is 5.83. The van der Waals surface area contributed by atoms with E-state index in [9.17, 15) is 9.59 Å². The Morgan fingerprint density at radius 2 is 1.95 bits per heavy atom. The van der Waals surface area contributed by atoms with Crippen molar-refractivity contribution in [1.82, 2.24) is 4.90 Å². The molecule has 0 spiro atoms. The van der Waals surface area contributed by atoms with Crippen LogP contribution >= 0.6 is 0 Å². The molecule has 0 bridgehead atoms. The average molecular weight is 290 g/mol. The van der Waals surface area contributed by atoms with Gasteiger partial charge in [0.1, 0.15) is 0 Å². The highest BCUT2D eigenvalue weighted by Crippen LogP contribution is 2.20. The summed E-state index contributed by atoms with van der Waals surface area (Å²) in [7, 11) is 0. The van der Waals surface area contributed by atoms with Crippen LogP contribution in [0.3, 0.4) is 0 Å². The molecule has 0 saturated carbocycles. The van der Waals surface area contributed by atoms with Crippen LogP contribution in [0.4, 0.5) is 10.5 Å². The Labute approximate surface area is 125 Å². The van der Waals surface area contributed by atoms with E-state index < -0.39 is 11.9 Å². The first kappa shape index (κ1) is 15.4. The van der Waals surface area contributed by atoms with Gasteiger partial charge in [-0.05, 0) is 36.5 Å². The molecular weight excluding hydrogens is 268 g/mol. The third-order valence-electron chi connectivity index (χ3n) is 3.89. The van der Waals surface area contributed by atoms with Crippen LogP contribution in [0.5, 0.6) is 0 Å². The SMILES string of the molecule is CC(C)c1ccc(NC(=O)N2CCC[C@H](C(=O)O)C2)cc1. The summed E-state index contributed by atoms with van der Waals surface area (Å²) in [5.41, 5.74) is 1.96. The maximum atomic E-state index is 12.2. The van der Waals surface area contributed by atoms with E-state index in [1.54, 1.807) is 4.90 Å². The van der Waals surface area contributed by atoms with Gasteiger partial charge in [-0.15, -0.1) is 0 Å². The molecule has 2 amide bonds. The van der Waals surface area contributed by atoms with Crippen LogP contribution in [-0.2, 0) is 4.79 Å². The molecule has 0 aliphatic carbocycles. The van der Waals surface area contributed by atoms with Gasteiger partial charge in [0.2, 0.25) is 0 Å². The van der Waals surface area contributed by atoms with Crippen LogP contribution in [0.1, 0.15) is 38.2 Å². The van der Waals surface area contributed by atoms with Crippen molar-refractivity contribution < 1.29 is 14.7 Å². The average Bonchev–Trinajstić information content (AvgIpc) is 2.48. The molecule has 1 atom stereocenters. The number of carboxylic acids is 1. The van der Waals surface area contributed by atoms with Crippen molar-refractivity contribution in [3.05, 3.63) is 29.8 Å². The number of urea groups is 1. The van der Waals surface area contributed by atoms with Crippen molar-refractivity contribution in [3.8, 4) is 0 Å². The first-order chi connectivity index (χ1) is 9.97. The summed E-state index contributed by atoms with van der Waals surface area (Å²) < 4.78 is 0. The van der Waals surface area contributed by atoms with Crippen LogP contribution in [-0.4, -0.2) is 35.1 Å². The monoisotopic (exact) mass is 290 g/mol. The number of likely N-dealkylation sites (tertiary alicyclic amines) is 1. The van der Waals surface area contributed by atoms with Crippen molar-refractivity contribution in [3.63, 3.8) is 0 Å². The van der Waals surface area contributed by atoms with Gasteiger partial charge in [-0.2, -0.15) is 0 Å². The number of amides is 2. The number of carboxylic acid groups (broad SMARTS) is 1. The number of rotatable bonds is 3. The Balaban J connectivity index is 1.96. The van der Waals surface area contributed by atoms with Crippen LogP contribution in [0, 0.1) is 5.92 Å². The van der Waals surface area contributed by atoms with Gasteiger partial charge in [0, 0.05) is 18.8 Å². The molecule has 0 radical (unpaired) electrons. The molecule has 1 aromatic rings. The van der Waals surface area contributed by atoms with Crippen LogP contribution < -0.4 is 5.32 Å². The number of piperidine rings is 1. The first-order valence-corrected chi connectivity index (χ1v) is 7.36. The van der Waals surface area contributed by atoms with Crippen molar-refractivity contribution in [1.29, 1.82) is 0 Å². The highest BCUT2D eigenvalue weighted by atomic mass is 16.4. The standard InChI is InChI=1S/C16H22N2O3/c1-11(2)12-5-7-14(8-6-12)17-16(21)18-9-3-4-13(10-18)15(19)20/h5-8,11,13H,3-4,9-10H2,1-2H3,(H,17,21)(H,19,20)/t13-/m0/s1. The lowest BCUT2D eigenvalue weighted by molar-refractivity contribution is -0.143. The fourth-order valence-corrected chi connectivity index (χ4v) is 2.52. The predicted molar refractivity (Wildman–Crippen MR) is 81.5 cm³/mol. The summed E-state index contributed by atoms with van der Waals surface area (Å²) in [5, 5.41) is 11.9. The summed E-state index contributed by atoms with van der Waals surface area (Å²) >= 11 is 0. The largest absolute Gasteiger partial charge is 0.481 e. The number of hydrogen-bond donors (Lipinski definition) is 2. The van der Waals surface area contributed by atoms with Crippen LogP contribution in [0.25, 0.3) is 0 Å². The van der Waals surface area contributed by atoms with E-state index in [-0.39, 0.29) is 12.6 Å². The maximum absolute atomic E-state index is 12.2. The minimum atomic E-state index is -0.825. The van der Waals surface area contributed by atoms with Gasteiger partial charge in [0.25, 0.3) is 0 Å². The molecule has 1 aliphatic heterocycles. The Kier molecular flexibility index (Phi) is 4.83. The minimum Gasteiger partial charge on any atom is -0.481 e. The van der Waals surface area contributed by atoms with Gasteiger partial charge in [-0.3, -0.25) is 4.79 Å². The van der Waals surface area contributed by atoms with Crippen molar-refractivity contribution in [2.45, 2.75) is 32.6 Å². The van der Waals surface area contributed by atoms with Crippen LogP contribution in [0.2, 0.25) is 0 Å². The van der Waals surface area contributed by atoms with E-state index in [2.05, 4.69) is 19.2 Å². The molecule has 1 saturated heterocycles. The molecule has 1 fully saturated rings. The molecule has 0 aromatic heterocycles. The number of carbonyl (C=O) groups is 2. The van der Waals surface area contributed by atoms with Crippen molar-refractivity contribution in [2.75, 3.05) is 18.4 Å². The quantitative estimate of drug-likeness (QED) is 0.898. The normalized spacial score (nSPS) is 18.6. The van der Waals surface area contributed by atoms with E-state index in [0.29, 0.717) is 18.9 Å². The third kappa shape index (κ3) is 3.97. The third-order valence-corrected chi connectivity index (χ3v) is 3.89. The molecule has 1 heterocycles. The lowest BCUT2D eigenvalue weighted by Gasteiger charge is -2.30. The number of nitrogens with zero attached hydrogens (tertiary/aromatic N) is 1. The second-order valence-corrected chi connectivity index (χ2v) is 5.83. The highest BCUT2D eigenvalue weighted by Gasteiger charge is 2.28. The van der Waals surface area contributed by atoms with Gasteiger partial charge >= 0.3 is 12.0 Å². The zero-order valence-electron chi connectivity index (χ0n) is 12.5. The Morgan fingerprint density at radius 1 is 1.29 bits per heavy atom. The number of benzene rings is 1. The number of carbonyl (C=O) groups excluding carboxylic acids is 1. The number of aliphatic carboxylic acids is 1. The molecule has 2 rings (SSSR count). The first-order valence-electron chi connectivity index (χ1n) is 7.36. The smallest absolute Gasteiger partial charge is 0.321 e. The molecule has 114 valence electrons. The molecule has 1 aliphatic rings. The number of nitrogens with one attached hydrogen (secondary N) is 1. The predicted octanol–water partition coefficient (Wildman–Crippen LogP) is 3.14. The number of hydrogen-bond acceptors (Lipinski definition) is 2. The van der Waals surface area contributed by atoms with Gasteiger partial charge < -0.3 is 15.3 Å². The summed E-state index contributed by atoms with van der Waals surface area (Å²) in [6.07, 6.45) is 1.37. The van der Waals surface area contributed by atoms with E-state index in [4.69, 9.17) is 5.11 Å². The molecule has 5 nitrogen and oxygen atoms in total. The summed E-state index contributed by atoms with van der Waals surface area (Å²) in [6, 6.07) is 7.53. The fourth-order valence-electron chi connectivity index (χ4n) is 2.52. The molecule has 2 N–H and O–H groups in total. The van der Waals surface area contributed by atoms with Crippen molar-refractivity contribution >= 4 is 17.7 Å². The van der Waals surface area contributed by atoms with Gasteiger partial charge in [0.05, 0.1) is 5.92 Å². The molecule has 21 heavy (non-hydrogen) atoms. The maximum Gasteiger partial charge on any atom is 0.321 e. The zero-order valence-corrected chi connectivity index (χ0v) is 12.5. The molecular formula is C16H22N2O3. The highest BCUT2D eigenvalue weighted by molar-refractivity contribution is 5.89. The van der Waals surface area contributed by atoms with E-state index in [0.717, 1.165) is 12.1 Å². The molecule has 1 aromatic carbocycles. The second kappa shape index (κ2) is 6.61. The lowest BCUT2D eigenvalue weighted by Crippen LogP contribution is -2.44. The fraction of sp³-hybridized carbons (Fsp3) is 0.500. The summed E-state index contributed by atoms with van der Waals surface area (Å²) in [5.74, 6) is -0.824. The zero-order chi connectivity index (χ0) is 15.4. The van der Waals surface area contributed by atoms with Crippen LogP contribution in [0.15, 0.2) is 24.3 Å². The lowest BCUT2D eigenvalue weighted by atomic mass is 9.99. The van der Waals surface area contributed by atoms with Gasteiger partial charge in [-0.25, -0.2) is 4.79 Å². The summed E-state index contributed by atoms with van der Waals surface area (Å²) in [6.45, 7) is 5.13. The Hall–Kier alpha value is -2.04. The topological polar surface area (TPSA) is 69.6 Å². The van der Waals surface area contributed by atoms with E-state index >= 15 is 0 Å². The Morgan fingerprint density at radius 3 is 2.52 bits per heavy atom. The summed E-state index contributed by atoms with van der Waals surface area (Å²) in [4.78, 5) is 24.8. The van der Waals surface area contributed by atoms with Crippen molar-refractivity contribution in [2.24, 2.45) is 5.92 Å². The Bertz CT molecular complexity index is 511. The molecule has 0 unspecified atom stereocenters. The minimum absolute atomic E-state index is 0.224. The van der Waals surface area contributed by atoms with E-state index in [1.807, 2.05) is 24.3 Å². The van der Waals surface area contributed by atoms with Gasteiger partial charge in [-0.1, -0.05) is 26.0 Å². The molecule has 5 heteroatoms. The van der Waals surface area contributed by atoms with Gasteiger partial charge in [0.15, 0.2) is 0 Å².